The Hall–Kier alpha value is -2.67. The Labute approximate surface area is 165 Å². The number of nitrogens with two attached hydrogens (primary N) is 1. The molecule has 0 amide bonds. The van der Waals surface area contributed by atoms with Crippen molar-refractivity contribution in [2.75, 3.05) is 34.5 Å². The van der Waals surface area contributed by atoms with E-state index < -0.39 is 0 Å². The van der Waals surface area contributed by atoms with Gasteiger partial charge in [-0.3, -0.25) is 0 Å². The molecule has 0 unspecified atom stereocenters. The van der Waals surface area contributed by atoms with Gasteiger partial charge in [-0.1, -0.05) is 0 Å². The maximum absolute atomic E-state index is 12.6. The number of aromatic amines is 1. The van der Waals surface area contributed by atoms with Gasteiger partial charge in [-0.2, -0.15) is 0 Å². The van der Waals surface area contributed by atoms with Crippen LogP contribution in [0.3, 0.4) is 0 Å². The molecule has 2 aromatic rings. The summed E-state index contributed by atoms with van der Waals surface area (Å²) < 4.78 is 22.0. The van der Waals surface area contributed by atoms with Crippen molar-refractivity contribution in [1.82, 2.24) is 4.98 Å². The first-order valence-electron chi connectivity index (χ1n) is 9.52. The third-order valence-corrected chi connectivity index (χ3v) is 4.95. The van der Waals surface area contributed by atoms with Gasteiger partial charge in [-0.15, -0.1) is 0 Å². The minimum absolute atomic E-state index is 0.315. The number of aromatic nitrogens is 1. The predicted octanol–water partition coefficient (Wildman–Crippen LogP) is 3.26. The van der Waals surface area contributed by atoms with E-state index in [1.165, 1.54) is 0 Å². The zero-order chi connectivity index (χ0) is 20.3. The monoisotopic (exact) mass is 388 g/mol. The normalized spacial score (nSPS) is 13.3. The van der Waals surface area contributed by atoms with Gasteiger partial charge in [0.25, 0.3) is 0 Å². The molecule has 0 radical (unpaired) electrons. The van der Waals surface area contributed by atoms with Crippen molar-refractivity contribution >= 4 is 5.97 Å². The quantitative estimate of drug-likeness (QED) is 0.640. The second-order valence-electron chi connectivity index (χ2n) is 6.68. The first-order chi connectivity index (χ1) is 13.6. The minimum atomic E-state index is -0.339. The fourth-order valence-corrected chi connectivity index (χ4v) is 3.65. The van der Waals surface area contributed by atoms with Crippen LogP contribution < -0.4 is 19.9 Å². The Morgan fingerprint density at radius 3 is 2.39 bits per heavy atom. The summed E-state index contributed by atoms with van der Waals surface area (Å²) in [4.78, 5) is 15.9. The summed E-state index contributed by atoms with van der Waals surface area (Å²) in [5.74, 6) is 1.64. The highest BCUT2D eigenvalue weighted by Crippen LogP contribution is 2.52. The van der Waals surface area contributed by atoms with E-state index in [1.807, 2.05) is 12.1 Å². The Kier molecular flexibility index (Phi) is 6.14. The summed E-state index contributed by atoms with van der Waals surface area (Å²) in [5.41, 5.74) is 10.0. The van der Waals surface area contributed by atoms with Gasteiger partial charge in [0, 0.05) is 23.2 Å². The maximum Gasteiger partial charge on any atom is 0.355 e. The van der Waals surface area contributed by atoms with E-state index in [9.17, 15) is 4.79 Å². The van der Waals surface area contributed by atoms with Crippen LogP contribution in [-0.2, 0) is 11.2 Å². The van der Waals surface area contributed by atoms with E-state index in [-0.39, 0.29) is 5.97 Å². The number of hydrogen-bond donors (Lipinski definition) is 2. The molecule has 3 N–H and O–H groups in total. The highest BCUT2D eigenvalue weighted by molar-refractivity contribution is 5.95. The van der Waals surface area contributed by atoms with Crippen LogP contribution >= 0.6 is 0 Å². The molecule has 1 aliphatic carbocycles. The predicted molar refractivity (Wildman–Crippen MR) is 107 cm³/mol. The molecule has 7 heteroatoms. The molecular formula is C21H28N2O5. The van der Waals surface area contributed by atoms with E-state index in [0.29, 0.717) is 48.4 Å². The third kappa shape index (κ3) is 3.54. The Balaban J connectivity index is 2.27. The lowest BCUT2D eigenvalue weighted by molar-refractivity contribution is 0.0518. The number of benzene rings is 1. The van der Waals surface area contributed by atoms with Gasteiger partial charge in [-0.25, -0.2) is 4.79 Å². The van der Waals surface area contributed by atoms with Gasteiger partial charge in [0.1, 0.15) is 5.69 Å². The number of hydrogen-bond acceptors (Lipinski definition) is 6. The molecule has 1 fully saturated rings. The number of carbonyl (C=O) groups is 1. The van der Waals surface area contributed by atoms with Crippen LogP contribution in [0, 0.1) is 0 Å². The number of methoxy groups -OCH3 is 3. The summed E-state index contributed by atoms with van der Waals surface area (Å²) in [7, 11) is 4.76. The molecule has 0 spiro atoms. The topological polar surface area (TPSA) is 95.8 Å². The van der Waals surface area contributed by atoms with Crippen molar-refractivity contribution in [3.8, 4) is 28.4 Å². The molecule has 28 heavy (non-hydrogen) atoms. The van der Waals surface area contributed by atoms with E-state index >= 15 is 0 Å². The van der Waals surface area contributed by atoms with Crippen LogP contribution in [0.5, 0.6) is 17.2 Å². The van der Waals surface area contributed by atoms with Crippen molar-refractivity contribution in [1.29, 1.82) is 0 Å². The molecule has 1 aromatic carbocycles. The second-order valence-corrected chi connectivity index (χ2v) is 6.68. The molecular weight excluding hydrogens is 360 g/mol. The molecule has 0 saturated heterocycles. The lowest BCUT2D eigenvalue weighted by Crippen LogP contribution is -2.08. The minimum Gasteiger partial charge on any atom is -0.493 e. The zero-order valence-corrected chi connectivity index (χ0v) is 16.9. The summed E-state index contributed by atoms with van der Waals surface area (Å²) >= 11 is 0. The lowest BCUT2D eigenvalue weighted by atomic mass is 9.94. The first kappa shape index (κ1) is 20.1. The number of esters is 1. The van der Waals surface area contributed by atoms with Crippen LogP contribution in [0.4, 0.5) is 0 Å². The molecule has 1 aliphatic rings. The lowest BCUT2D eigenvalue weighted by Gasteiger charge is -2.17. The van der Waals surface area contributed by atoms with Crippen molar-refractivity contribution in [3.63, 3.8) is 0 Å². The fraction of sp³-hybridized carbons (Fsp3) is 0.476. The van der Waals surface area contributed by atoms with E-state index in [4.69, 9.17) is 24.7 Å². The van der Waals surface area contributed by atoms with Crippen LogP contribution in [0.2, 0.25) is 0 Å². The molecule has 0 bridgehead atoms. The summed E-state index contributed by atoms with van der Waals surface area (Å²) in [6.45, 7) is 2.58. The van der Waals surface area contributed by atoms with Gasteiger partial charge in [-0.05, 0) is 49.9 Å². The molecule has 7 nitrogen and oxygen atoms in total. The molecule has 152 valence electrons. The fourth-order valence-electron chi connectivity index (χ4n) is 3.65. The average Bonchev–Trinajstić information content (AvgIpc) is 3.48. The van der Waals surface area contributed by atoms with Crippen molar-refractivity contribution in [3.05, 3.63) is 29.1 Å². The van der Waals surface area contributed by atoms with Gasteiger partial charge >= 0.3 is 5.97 Å². The van der Waals surface area contributed by atoms with E-state index in [2.05, 4.69) is 4.98 Å². The standard InChI is InChI=1S/C21H28N2O5/c1-5-28-21(24)18-16(12-6-7-12)17(14(23-18)10-11-22)13-8-9-15(25-2)20(27-4)19(13)26-3/h8-9,12,23H,5-7,10-11,22H2,1-4H3. The molecule has 1 aromatic heterocycles. The summed E-state index contributed by atoms with van der Waals surface area (Å²) in [6.07, 6.45) is 2.68. The summed E-state index contributed by atoms with van der Waals surface area (Å²) in [5, 5.41) is 0. The van der Waals surface area contributed by atoms with Gasteiger partial charge < -0.3 is 29.7 Å². The van der Waals surface area contributed by atoms with Crippen LogP contribution in [0.1, 0.15) is 47.4 Å². The molecule has 1 heterocycles. The van der Waals surface area contributed by atoms with Gasteiger partial charge in [0.05, 0.1) is 27.9 Å². The van der Waals surface area contributed by atoms with Crippen molar-refractivity contribution in [2.45, 2.75) is 32.1 Å². The van der Waals surface area contributed by atoms with E-state index in [0.717, 1.165) is 35.2 Å². The number of carbonyl (C=O) groups excluding carboxylic acids is 1. The molecule has 1 saturated carbocycles. The number of ether oxygens (including phenoxy) is 4. The summed E-state index contributed by atoms with van der Waals surface area (Å²) in [6, 6.07) is 3.78. The Morgan fingerprint density at radius 2 is 1.86 bits per heavy atom. The van der Waals surface area contributed by atoms with Crippen LogP contribution in [0.25, 0.3) is 11.1 Å². The zero-order valence-electron chi connectivity index (χ0n) is 16.9. The van der Waals surface area contributed by atoms with E-state index in [1.54, 1.807) is 28.3 Å². The van der Waals surface area contributed by atoms with Crippen LogP contribution in [-0.4, -0.2) is 45.4 Å². The molecule has 0 atom stereocenters. The van der Waals surface area contributed by atoms with Crippen molar-refractivity contribution < 1.29 is 23.7 Å². The second kappa shape index (κ2) is 8.56. The van der Waals surface area contributed by atoms with Crippen LogP contribution in [0.15, 0.2) is 12.1 Å². The Bertz CT molecular complexity index is 855. The average molecular weight is 388 g/mol. The van der Waals surface area contributed by atoms with Gasteiger partial charge in [0.15, 0.2) is 11.5 Å². The molecule has 3 rings (SSSR count). The highest BCUT2D eigenvalue weighted by atomic mass is 16.5. The third-order valence-electron chi connectivity index (χ3n) is 4.95. The Morgan fingerprint density at radius 1 is 1.14 bits per heavy atom. The van der Waals surface area contributed by atoms with Crippen molar-refractivity contribution in [2.24, 2.45) is 5.73 Å². The number of H-pyrrole nitrogens is 1. The maximum atomic E-state index is 12.6. The SMILES string of the molecule is CCOC(=O)c1[nH]c(CCN)c(-c2ccc(OC)c(OC)c2OC)c1C1CC1. The van der Waals surface area contributed by atoms with Gasteiger partial charge in [0.2, 0.25) is 5.75 Å². The number of rotatable bonds is 9. The smallest absolute Gasteiger partial charge is 0.355 e. The first-order valence-corrected chi connectivity index (χ1v) is 9.52. The molecule has 0 aliphatic heterocycles. The number of nitrogens with one attached hydrogen (secondary N) is 1. The largest absolute Gasteiger partial charge is 0.493 e. The highest BCUT2D eigenvalue weighted by Gasteiger charge is 2.36.